The standard InChI is InChI=1S/C21H21ClN2O5/c1-15(29-19(25)8-7-16-4-2-5-17(22)14-16)20(26)23-9-11-24(12-10-23)21(27)18-6-3-13-28-18/h2-8,13-15H,9-12H2,1H3/b8-7+/t15-/m0/s1. The van der Waals surface area contributed by atoms with Crippen molar-refractivity contribution in [3.63, 3.8) is 0 Å². The number of amides is 2. The van der Waals surface area contributed by atoms with Crippen LogP contribution >= 0.6 is 11.6 Å². The number of benzene rings is 1. The summed E-state index contributed by atoms with van der Waals surface area (Å²) in [5.74, 6) is -0.830. The molecule has 7 nitrogen and oxygen atoms in total. The number of nitrogens with zero attached hydrogens (tertiary/aromatic N) is 2. The van der Waals surface area contributed by atoms with Crippen LogP contribution in [0.3, 0.4) is 0 Å². The van der Waals surface area contributed by atoms with Crippen LogP contribution in [0.1, 0.15) is 23.0 Å². The average Bonchev–Trinajstić information content (AvgIpc) is 3.26. The fourth-order valence-electron chi connectivity index (χ4n) is 2.98. The largest absolute Gasteiger partial charge is 0.459 e. The van der Waals surface area contributed by atoms with Crippen LogP contribution in [-0.4, -0.2) is 59.9 Å². The lowest BCUT2D eigenvalue weighted by molar-refractivity contribution is -0.156. The number of hydrogen-bond acceptors (Lipinski definition) is 5. The van der Waals surface area contributed by atoms with Crippen molar-refractivity contribution in [1.82, 2.24) is 9.80 Å². The number of piperazine rings is 1. The van der Waals surface area contributed by atoms with E-state index >= 15 is 0 Å². The van der Waals surface area contributed by atoms with Gasteiger partial charge in [0.15, 0.2) is 11.9 Å². The number of hydrogen-bond donors (Lipinski definition) is 0. The Morgan fingerprint density at radius 2 is 1.83 bits per heavy atom. The third kappa shape index (κ3) is 5.48. The molecule has 0 saturated carbocycles. The van der Waals surface area contributed by atoms with E-state index < -0.39 is 12.1 Å². The van der Waals surface area contributed by atoms with Crippen LogP contribution in [0.4, 0.5) is 0 Å². The van der Waals surface area contributed by atoms with E-state index in [2.05, 4.69) is 0 Å². The summed E-state index contributed by atoms with van der Waals surface area (Å²) in [6.45, 7) is 3.05. The van der Waals surface area contributed by atoms with Crippen LogP contribution in [0.5, 0.6) is 0 Å². The molecule has 0 unspecified atom stereocenters. The average molecular weight is 417 g/mol. The van der Waals surface area contributed by atoms with E-state index in [-0.39, 0.29) is 17.6 Å². The first kappa shape index (κ1) is 20.7. The molecule has 1 fully saturated rings. The Morgan fingerprint density at radius 1 is 1.10 bits per heavy atom. The summed E-state index contributed by atoms with van der Waals surface area (Å²) in [5, 5.41) is 0.564. The Labute approximate surface area is 173 Å². The monoisotopic (exact) mass is 416 g/mol. The first-order chi connectivity index (χ1) is 13.9. The van der Waals surface area contributed by atoms with Crippen LogP contribution in [0, 0.1) is 0 Å². The first-order valence-electron chi connectivity index (χ1n) is 9.20. The smallest absolute Gasteiger partial charge is 0.331 e. The van der Waals surface area contributed by atoms with Crippen molar-refractivity contribution in [2.45, 2.75) is 13.0 Å². The summed E-state index contributed by atoms with van der Waals surface area (Å²) in [6.07, 6.45) is 3.36. The molecule has 2 aromatic rings. The Kier molecular flexibility index (Phi) is 6.72. The minimum Gasteiger partial charge on any atom is -0.459 e. The van der Waals surface area contributed by atoms with E-state index in [1.807, 2.05) is 0 Å². The Bertz CT molecular complexity index is 902. The van der Waals surface area contributed by atoms with Crippen molar-refractivity contribution in [3.05, 3.63) is 65.1 Å². The minimum atomic E-state index is -0.918. The molecule has 1 aromatic heterocycles. The molecule has 0 bridgehead atoms. The van der Waals surface area contributed by atoms with Gasteiger partial charge in [-0.15, -0.1) is 0 Å². The van der Waals surface area contributed by atoms with E-state index in [1.165, 1.54) is 19.3 Å². The molecule has 0 radical (unpaired) electrons. The summed E-state index contributed by atoms with van der Waals surface area (Å²) in [6, 6.07) is 10.3. The van der Waals surface area contributed by atoms with Crippen LogP contribution in [0.15, 0.2) is 53.2 Å². The lowest BCUT2D eigenvalue weighted by Gasteiger charge is -2.35. The summed E-state index contributed by atoms with van der Waals surface area (Å²) < 4.78 is 10.3. The maximum absolute atomic E-state index is 12.5. The van der Waals surface area contributed by atoms with Crippen LogP contribution < -0.4 is 0 Å². The molecule has 1 aromatic carbocycles. The van der Waals surface area contributed by atoms with Crippen LogP contribution in [0.2, 0.25) is 5.02 Å². The summed E-state index contributed by atoms with van der Waals surface area (Å²) in [7, 11) is 0. The zero-order valence-corrected chi connectivity index (χ0v) is 16.7. The summed E-state index contributed by atoms with van der Waals surface area (Å²) in [4.78, 5) is 40.0. The summed E-state index contributed by atoms with van der Waals surface area (Å²) in [5.41, 5.74) is 0.755. The van der Waals surface area contributed by atoms with Crippen molar-refractivity contribution in [3.8, 4) is 0 Å². The number of halogens is 1. The number of ether oxygens (including phenoxy) is 1. The highest BCUT2D eigenvalue weighted by atomic mass is 35.5. The Morgan fingerprint density at radius 3 is 2.48 bits per heavy atom. The van der Waals surface area contributed by atoms with Gasteiger partial charge in [0, 0.05) is 37.3 Å². The SMILES string of the molecule is C[C@H](OC(=O)/C=C/c1cccc(Cl)c1)C(=O)N1CCN(C(=O)c2ccco2)CC1. The molecule has 29 heavy (non-hydrogen) atoms. The second-order valence-electron chi connectivity index (χ2n) is 6.56. The number of furan rings is 1. The van der Waals surface area contributed by atoms with Crippen LogP contribution in [0.25, 0.3) is 6.08 Å². The zero-order valence-electron chi connectivity index (χ0n) is 15.9. The van der Waals surface area contributed by atoms with Crippen molar-refractivity contribution in [1.29, 1.82) is 0 Å². The zero-order chi connectivity index (χ0) is 20.8. The predicted molar refractivity (Wildman–Crippen MR) is 107 cm³/mol. The van der Waals surface area contributed by atoms with Gasteiger partial charge in [0.25, 0.3) is 11.8 Å². The molecule has 1 aliphatic heterocycles. The molecule has 8 heteroatoms. The molecule has 2 amide bonds. The van der Waals surface area contributed by atoms with Gasteiger partial charge in [0.1, 0.15) is 0 Å². The highest BCUT2D eigenvalue weighted by Crippen LogP contribution is 2.13. The van der Waals surface area contributed by atoms with Gasteiger partial charge in [0.2, 0.25) is 0 Å². The molecule has 2 heterocycles. The Balaban J connectivity index is 1.48. The minimum absolute atomic E-state index is 0.201. The lowest BCUT2D eigenvalue weighted by atomic mass is 10.2. The molecule has 3 rings (SSSR count). The quantitative estimate of drug-likeness (QED) is 0.553. The molecule has 1 saturated heterocycles. The van der Waals surface area contributed by atoms with Crippen molar-refractivity contribution in [2.24, 2.45) is 0 Å². The van der Waals surface area contributed by atoms with E-state index in [0.29, 0.717) is 31.2 Å². The number of carbonyl (C=O) groups excluding carboxylic acids is 3. The van der Waals surface area contributed by atoms with Gasteiger partial charge in [-0.25, -0.2) is 4.79 Å². The molecular weight excluding hydrogens is 396 g/mol. The predicted octanol–water partition coefficient (Wildman–Crippen LogP) is 2.86. The Hall–Kier alpha value is -3.06. The molecule has 0 N–H and O–H groups in total. The van der Waals surface area contributed by atoms with Crippen LogP contribution in [-0.2, 0) is 14.3 Å². The van der Waals surface area contributed by atoms with Gasteiger partial charge in [-0.05, 0) is 42.8 Å². The number of esters is 1. The molecule has 152 valence electrons. The lowest BCUT2D eigenvalue weighted by Crippen LogP contribution is -2.53. The maximum Gasteiger partial charge on any atom is 0.331 e. The van der Waals surface area contributed by atoms with E-state index in [0.717, 1.165) is 5.56 Å². The summed E-state index contributed by atoms with van der Waals surface area (Å²) >= 11 is 5.90. The molecular formula is C21H21ClN2O5. The molecule has 1 atom stereocenters. The molecule has 0 aliphatic carbocycles. The van der Waals surface area contributed by atoms with Gasteiger partial charge in [-0.3, -0.25) is 9.59 Å². The van der Waals surface area contributed by atoms with Crippen molar-refractivity contribution < 1.29 is 23.5 Å². The number of rotatable bonds is 5. The fraction of sp³-hybridized carbons (Fsp3) is 0.286. The van der Waals surface area contributed by atoms with E-state index in [1.54, 1.807) is 52.3 Å². The molecule has 0 spiro atoms. The topological polar surface area (TPSA) is 80.1 Å². The van der Waals surface area contributed by atoms with Crippen molar-refractivity contribution in [2.75, 3.05) is 26.2 Å². The second-order valence-corrected chi connectivity index (χ2v) is 7.00. The molecule has 1 aliphatic rings. The van der Waals surface area contributed by atoms with Gasteiger partial charge in [-0.1, -0.05) is 23.7 Å². The fourth-order valence-corrected chi connectivity index (χ4v) is 3.18. The first-order valence-corrected chi connectivity index (χ1v) is 9.57. The third-order valence-corrected chi connectivity index (χ3v) is 4.75. The third-order valence-electron chi connectivity index (χ3n) is 4.51. The van der Waals surface area contributed by atoms with Gasteiger partial charge >= 0.3 is 5.97 Å². The van der Waals surface area contributed by atoms with Gasteiger partial charge < -0.3 is 19.0 Å². The maximum atomic E-state index is 12.5. The second kappa shape index (κ2) is 9.43. The van der Waals surface area contributed by atoms with E-state index in [9.17, 15) is 14.4 Å². The highest BCUT2D eigenvalue weighted by Gasteiger charge is 2.29. The van der Waals surface area contributed by atoms with Gasteiger partial charge in [0.05, 0.1) is 6.26 Å². The highest BCUT2D eigenvalue weighted by molar-refractivity contribution is 6.30. The van der Waals surface area contributed by atoms with Gasteiger partial charge in [-0.2, -0.15) is 0 Å². The number of carbonyl (C=O) groups is 3. The normalized spacial score (nSPS) is 15.4. The van der Waals surface area contributed by atoms with E-state index in [4.69, 9.17) is 20.8 Å². The van der Waals surface area contributed by atoms with Crippen molar-refractivity contribution >= 4 is 35.5 Å².